The molecule has 0 radical (unpaired) electrons. The highest BCUT2D eigenvalue weighted by molar-refractivity contribution is 7.89. The summed E-state index contributed by atoms with van der Waals surface area (Å²) in [6.07, 6.45) is 1.53. The lowest BCUT2D eigenvalue weighted by Crippen LogP contribution is -2.51. The van der Waals surface area contributed by atoms with Gasteiger partial charge in [0.1, 0.15) is 5.58 Å². The predicted molar refractivity (Wildman–Crippen MR) is 148 cm³/mol. The van der Waals surface area contributed by atoms with E-state index in [9.17, 15) is 18.0 Å². The van der Waals surface area contributed by atoms with Crippen LogP contribution in [0.4, 0.5) is 0 Å². The first-order chi connectivity index (χ1) is 18.9. The van der Waals surface area contributed by atoms with Crippen molar-refractivity contribution in [3.05, 3.63) is 90.7 Å². The molecule has 1 fully saturated rings. The van der Waals surface area contributed by atoms with Gasteiger partial charge in [-0.25, -0.2) is 8.42 Å². The van der Waals surface area contributed by atoms with Crippen LogP contribution in [0, 0.1) is 0 Å². The van der Waals surface area contributed by atoms with Crippen molar-refractivity contribution in [2.45, 2.75) is 11.3 Å². The molecule has 1 saturated heterocycles. The van der Waals surface area contributed by atoms with Gasteiger partial charge in [-0.05, 0) is 39.7 Å². The maximum atomic E-state index is 13.2. The van der Waals surface area contributed by atoms with Crippen molar-refractivity contribution in [1.29, 1.82) is 0 Å². The fraction of sp³-hybridized carbons (Fsp3) is 0.200. The third kappa shape index (κ3) is 4.86. The van der Waals surface area contributed by atoms with Crippen LogP contribution >= 0.6 is 0 Å². The number of hydrogen-bond donors (Lipinski definition) is 0. The van der Waals surface area contributed by atoms with Gasteiger partial charge in [0, 0.05) is 37.1 Å². The molecule has 1 aromatic heterocycles. The van der Waals surface area contributed by atoms with Gasteiger partial charge in [0.05, 0.1) is 17.6 Å². The number of nitrogens with zero attached hydrogens (tertiary/aromatic N) is 2. The third-order valence-corrected chi connectivity index (χ3v) is 9.08. The van der Waals surface area contributed by atoms with Gasteiger partial charge < -0.3 is 14.1 Å². The zero-order chi connectivity index (χ0) is 27.0. The number of amides is 1. The Labute approximate surface area is 225 Å². The zero-order valence-electron chi connectivity index (χ0n) is 21.1. The summed E-state index contributed by atoms with van der Waals surface area (Å²) in [4.78, 5) is 27.1. The summed E-state index contributed by atoms with van der Waals surface area (Å²) < 4.78 is 38.7. The van der Waals surface area contributed by atoms with Gasteiger partial charge in [0.15, 0.2) is 6.61 Å². The number of furan rings is 1. The number of fused-ring (bicyclic) bond motifs is 4. The molecule has 198 valence electrons. The van der Waals surface area contributed by atoms with Gasteiger partial charge >= 0.3 is 5.97 Å². The number of carbonyl (C=O) groups excluding carboxylic acids is 2. The van der Waals surface area contributed by atoms with E-state index in [1.807, 2.05) is 60.7 Å². The van der Waals surface area contributed by atoms with Crippen LogP contribution in [0.2, 0.25) is 0 Å². The minimum Gasteiger partial charge on any atom is -0.464 e. The van der Waals surface area contributed by atoms with E-state index in [1.165, 1.54) is 9.21 Å². The summed E-state index contributed by atoms with van der Waals surface area (Å²) in [5, 5.41) is 4.71. The summed E-state index contributed by atoms with van der Waals surface area (Å²) in [5.74, 6) is -0.884. The molecule has 5 aromatic rings. The zero-order valence-corrected chi connectivity index (χ0v) is 21.9. The third-order valence-electron chi connectivity index (χ3n) is 7.18. The number of benzene rings is 4. The number of sulfonamides is 1. The second-order valence-corrected chi connectivity index (χ2v) is 11.5. The first-order valence-corrected chi connectivity index (χ1v) is 14.1. The van der Waals surface area contributed by atoms with Crippen LogP contribution in [0.5, 0.6) is 0 Å². The molecule has 1 aliphatic heterocycles. The average Bonchev–Trinajstić information content (AvgIpc) is 3.38. The molecule has 8 nitrogen and oxygen atoms in total. The quantitative estimate of drug-likeness (QED) is 0.296. The van der Waals surface area contributed by atoms with Crippen LogP contribution in [-0.4, -0.2) is 62.3 Å². The average molecular weight is 543 g/mol. The molecule has 39 heavy (non-hydrogen) atoms. The number of esters is 1. The van der Waals surface area contributed by atoms with Crippen molar-refractivity contribution in [2.75, 3.05) is 32.8 Å². The Morgan fingerprint density at radius 2 is 1.51 bits per heavy atom. The largest absolute Gasteiger partial charge is 0.464 e. The molecule has 0 spiro atoms. The van der Waals surface area contributed by atoms with E-state index >= 15 is 0 Å². The van der Waals surface area contributed by atoms with Crippen LogP contribution in [-0.2, 0) is 30.8 Å². The molecular formula is C30H26N2O6S. The molecular weight excluding hydrogens is 516 g/mol. The fourth-order valence-electron chi connectivity index (χ4n) is 5.10. The monoisotopic (exact) mass is 542 g/mol. The molecule has 0 aliphatic carbocycles. The van der Waals surface area contributed by atoms with Crippen LogP contribution in [0.25, 0.3) is 32.5 Å². The SMILES string of the molecule is O=C(Cc1coc2ccc3ccccc3c12)OCC(=O)N1CCN(S(=O)(=O)c2ccc3ccccc3c2)CC1. The highest BCUT2D eigenvalue weighted by Crippen LogP contribution is 2.30. The molecule has 0 atom stereocenters. The summed E-state index contributed by atoms with van der Waals surface area (Å²) in [7, 11) is -3.69. The summed E-state index contributed by atoms with van der Waals surface area (Å²) in [5.41, 5.74) is 1.39. The first kappa shape index (κ1) is 25.1. The Morgan fingerprint density at radius 1 is 0.821 bits per heavy atom. The van der Waals surface area contributed by atoms with Crippen molar-refractivity contribution >= 4 is 54.4 Å². The normalized spacial score (nSPS) is 14.7. The molecule has 1 amide bonds. The topological polar surface area (TPSA) is 97.1 Å². The van der Waals surface area contributed by atoms with Crippen molar-refractivity contribution in [2.24, 2.45) is 0 Å². The van der Waals surface area contributed by atoms with E-state index in [2.05, 4.69) is 0 Å². The van der Waals surface area contributed by atoms with Crippen LogP contribution < -0.4 is 0 Å². The van der Waals surface area contributed by atoms with E-state index in [4.69, 9.17) is 9.15 Å². The summed E-state index contributed by atoms with van der Waals surface area (Å²) >= 11 is 0. The molecule has 0 bridgehead atoms. The number of carbonyl (C=O) groups is 2. The predicted octanol–water partition coefficient (Wildman–Crippen LogP) is 4.36. The van der Waals surface area contributed by atoms with Gasteiger partial charge in [-0.1, -0.05) is 60.7 Å². The highest BCUT2D eigenvalue weighted by atomic mass is 32.2. The van der Waals surface area contributed by atoms with Crippen molar-refractivity contribution in [3.63, 3.8) is 0 Å². The second kappa shape index (κ2) is 10.2. The van der Waals surface area contributed by atoms with Crippen molar-refractivity contribution in [1.82, 2.24) is 9.21 Å². The molecule has 0 N–H and O–H groups in total. The van der Waals surface area contributed by atoms with E-state index < -0.39 is 22.6 Å². The molecule has 6 rings (SSSR count). The lowest BCUT2D eigenvalue weighted by atomic mass is 10.0. The van der Waals surface area contributed by atoms with Crippen LogP contribution in [0.3, 0.4) is 0 Å². The van der Waals surface area contributed by atoms with E-state index in [0.717, 1.165) is 26.9 Å². The van der Waals surface area contributed by atoms with Gasteiger partial charge in [-0.15, -0.1) is 0 Å². The maximum Gasteiger partial charge on any atom is 0.310 e. The molecule has 9 heteroatoms. The Balaban J connectivity index is 1.05. The number of hydrogen-bond acceptors (Lipinski definition) is 6. The Morgan fingerprint density at radius 3 is 2.31 bits per heavy atom. The summed E-state index contributed by atoms with van der Waals surface area (Å²) in [6, 6.07) is 24.4. The van der Waals surface area contributed by atoms with Gasteiger partial charge in [0.2, 0.25) is 10.0 Å². The van der Waals surface area contributed by atoms with E-state index in [0.29, 0.717) is 11.1 Å². The van der Waals surface area contributed by atoms with E-state index in [1.54, 1.807) is 24.5 Å². The molecule has 1 aliphatic rings. The van der Waals surface area contributed by atoms with Crippen molar-refractivity contribution in [3.8, 4) is 0 Å². The minimum absolute atomic E-state index is 0.0218. The standard InChI is InChI=1S/C30H26N2O6S/c33-28(20-38-29(34)18-24-19-37-27-12-10-22-6-3-4-8-26(22)30(24)27)31-13-15-32(16-14-31)39(35,36)25-11-9-21-5-1-2-7-23(21)17-25/h1-12,17,19H,13-16,18,20H2. The Bertz CT molecular complexity index is 1820. The van der Waals surface area contributed by atoms with Crippen LogP contribution in [0.15, 0.2) is 94.4 Å². The lowest BCUT2D eigenvalue weighted by molar-refractivity contribution is -0.152. The van der Waals surface area contributed by atoms with Gasteiger partial charge in [0.25, 0.3) is 5.91 Å². The Kier molecular flexibility index (Phi) is 6.54. The number of piperazine rings is 1. The minimum atomic E-state index is -3.69. The molecule has 0 saturated carbocycles. The second-order valence-electron chi connectivity index (χ2n) is 9.55. The maximum absolute atomic E-state index is 13.2. The number of rotatable bonds is 6. The molecule has 0 unspecified atom stereocenters. The number of ether oxygens (including phenoxy) is 1. The van der Waals surface area contributed by atoms with Crippen LogP contribution in [0.1, 0.15) is 5.56 Å². The smallest absolute Gasteiger partial charge is 0.310 e. The van der Waals surface area contributed by atoms with Gasteiger partial charge in [-0.3, -0.25) is 9.59 Å². The van der Waals surface area contributed by atoms with E-state index in [-0.39, 0.29) is 43.4 Å². The molecule has 4 aromatic carbocycles. The van der Waals surface area contributed by atoms with Gasteiger partial charge in [-0.2, -0.15) is 4.31 Å². The molecule has 2 heterocycles. The fourth-order valence-corrected chi connectivity index (χ4v) is 6.56. The highest BCUT2D eigenvalue weighted by Gasteiger charge is 2.30. The summed E-state index contributed by atoms with van der Waals surface area (Å²) in [6.45, 7) is 0.391. The first-order valence-electron chi connectivity index (χ1n) is 12.7. The van der Waals surface area contributed by atoms with Crippen molar-refractivity contribution < 1.29 is 27.2 Å². The lowest BCUT2D eigenvalue weighted by Gasteiger charge is -2.33. The Hall–Kier alpha value is -4.21.